The van der Waals surface area contributed by atoms with Gasteiger partial charge in [0, 0.05) is 32.0 Å². The first-order chi connectivity index (χ1) is 7.61. The van der Waals surface area contributed by atoms with Gasteiger partial charge in [0.2, 0.25) is 5.92 Å². The molecule has 1 heterocycles. The molecule has 2 atom stereocenters. The van der Waals surface area contributed by atoms with Gasteiger partial charge in [0.25, 0.3) is 0 Å². The van der Waals surface area contributed by atoms with E-state index in [-0.39, 0.29) is 31.2 Å². The zero-order chi connectivity index (χ0) is 11.6. The molecule has 0 bridgehead atoms. The fourth-order valence-electron chi connectivity index (χ4n) is 3.17. The van der Waals surface area contributed by atoms with Gasteiger partial charge in [-0.3, -0.25) is 4.90 Å². The molecule has 2 unspecified atom stereocenters. The van der Waals surface area contributed by atoms with Crippen LogP contribution in [0.2, 0.25) is 0 Å². The van der Waals surface area contributed by atoms with E-state index >= 15 is 0 Å². The highest BCUT2D eigenvalue weighted by atomic mass is 35.5. The lowest BCUT2D eigenvalue weighted by molar-refractivity contribution is -0.0572. The quantitative estimate of drug-likeness (QED) is 0.853. The highest BCUT2D eigenvalue weighted by Gasteiger charge is 2.37. The smallest absolute Gasteiger partial charge is 0.248 e. The molecule has 1 aliphatic heterocycles. The van der Waals surface area contributed by atoms with E-state index in [0.717, 1.165) is 25.9 Å². The van der Waals surface area contributed by atoms with Crippen LogP contribution in [0, 0.1) is 5.92 Å². The molecule has 2 nitrogen and oxygen atoms in total. The van der Waals surface area contributed by atoms with E-state index in [9.17, 15) is 8.78 Å². The Morgan fingerprint density at radius 1 is 1.24 bits per heavy atom. The number of rotatable bonds is 3. The predicted molar refractivity (Wildman–Crippen MR) is 67.8 cm³/mol. The van der Waals surface area contributed by atoms with Crippen LogP contribution in [-0.4, -0.2) is 36.5 Å². The van der Waals surface area contributed by atoms with Crippen molar-refractivity contribution in [3.05, 3.63) is 0 Å². The molecule has 0 spiro atoms. The van der Waals surface area contributed by atoms with Crippen molar-refractivity contribution in [1.82, 2.24) is 4.90 Å². The third-order valence-electron chi connectivity index (χ3n) is 4.01. The van der Waals surface area contributed by atoms with Gasteiger partial charge in [-0.05, 0) is 38.1 Å². The van der Waals surface area contributed by atoms with Crippen LogP contribution in [0.3, 0.4) is 0 Å². The van der Waals surface area contributed by atoms with E-state index in [4.69, 9.17) is 5.73 Å². The molecular formula is C12H23ClF2N2. The summed E-state index contributed by atoms with van der Waals surface area (Å²) < 4.78 is 26.5. The fraction of sp³-hybridized carbons (Fsp3) is 1.00. The second-order valence-corrected chi connectivity index (χ2v) is 5.35. The van der Waals surface area contributed by atoms with Gasteiger partial charge in [-0.25, -0.2) is 8.78 Å². The minimum atomic E-state index is -2.42. The standard InChI is InChI=1S/C12H22F2N2.ClH/c13-12(14)5-1-3-10(7-12)9-16-6-2-4-11(16)8-15;/h10-11H,1-9,15H2;1H. The average molecular weight is 269 g/mol. The molecule has 2 rings (SSSR count). The topological polar surface area (TPSA) is 29.3 Å². The van der Waals surface area contributed by atoms with Gasteiger partial charge < -0.3 is 5.73 Å². The van der Waals surface area contributed by atoms with Crippen LogP contribution in [0.1, 0.15) is 38.5 Å². The SMILES string of the molecule is Cl.NCC1CCCN1CC1CCCC(F)(F)C1. The molecule has 2 fully saturated rings. The molecule has 0 aromatic heterocycles. The maximum absolute atomic E-state index is 13.3. The summed E-state index contributed by atoms with van der Waals surface area (Å²) in [7, 11) is 0. The highest BCUT2D eigenvalue weighted by Crippen LogP contribution is 2.37. The summed E-state index contributed by atoms with van der Waals surface area (Å²) >= 11 is 0. The molecular weight excluding hydrogens is 246 g/mol. The van der Waals surface area contributed by atoms with Crippen molar-refractivity contribution in [3.63, 3.8) is 0 Å². The number of likely N-dealkylation sites (tertiary alicyclic amines) is 1. The van der Waals surface area contributed by atoms with Gasteiger partial charge in [-0.2, -0.15) is 0 Å². The van der Waals surface area contributed by atoms with Gasteiger partial charge in [-0.1, -0.05) is 0 Å². The first-order valence-electron chi connectivity index (χ1n) is 6.43. The molecule has 5 heteroatoms. The number of halogens is 3. The van der Waals surface area contributed by atoms with Crippen molar-refractivity contribution in [1.29, 1.82) is 0 Å². The lowest BCUT2D eigenvalue weighted by Gasteiger charge is -2.33. The number of nitrogens with two attached hydrogens (primary N) is 1. The first-order valence-corrected chi connectivity index (χ1v) is 6.43. The van der Waals surface area contributed by atoms with Gasteiger partial charge in [0.15, 0.2) is 0 Å². The van der Waals surface area contributed by atoms with Gasteiger partial charge >= 0.3 is 0 Å². The van der Waals surface area contributed by atoms with E-state index in [1.165, 1.54) is 6.42 Å². The van der Waals surface area contributed by atoms with Crippen LogP contribution >= 0.6 is 12.4 Å². The maximum atomic E-state index is 13.3. The van der Waals surface area contributed by atoms with Gasteiger partial charge in [0.05, 0.1) is 0 Å². The Morgan fingerprint density at radius 2 is 2.00 bits per heavy atom. The second kappa shape index (κ2) is 6.30. The van der Waals surface area contributed by atoms with Crippen LogP contribution in [0.15, 0.2) is 0 Å². The first kappa shape index (κ1) is 15.1. The third-order valence-corrected chi connectivity index (χ3v) is 4.01. The Labute approximate surface area is 108 Å². The summed E-state index contributed by atoms with van der Waals surface area (Å²) in [6.07, 6.45) is 4.12. The zero-order valence-electron chi connectivity index (χ0n) is 10.2. The molecule has 102 valence electrons. The Balaban J connectivity index is 0.00000144. The Hall–Kier alpha value is 0.0700. The lowest BCUT2D eigenvalue weighted by Crippen LogP contribution is -2.40. The molecule has 2 aliphatic rings. The van der Waals surface area contributed by atoms with Crippen molar-refractivity contribution in [2.45, 2.75) is 50.5 Å². The van der Waals surface area contributed by atoms with E-state index < -0.39 is 5.92 Å². The van der Waals surface area contributed by atoms with Crippen molar-refractivity contribution >= 4 is 12.4 Å². The fourth-order valence-corrected chi connectivity index (χ4v) is 3.17. The average Bonchev–Trinajstić information content (AvgIpc) is 2.63. The van der Waals surface area contributed by atoms with Gasteiger partial charge in [-0.15, -0.1) is 12.4 Å². The Morgan fingerprint density at radius 3 is 2.65 bits per heavy atom. The van der Waals surface area contributed by atoms with Crippen LogP contribution in [0.5, 0.6) is 0 Å². The van der Waals surface area contributed by atoms with Crippen molar-refractivity contribution in [2.75, 3.05) is 19.6 Å². The summed E-state index contributed by atoms with van der Waals surface area (Å²) in [5.41, 5.74) is 5.69. The molecule has 1 aliphatic carbocycles. The molecule has 0 amide bonds. The third kappa shape index (κ3) is 4.04. The number of nitrogens with zero attached hydrogens (tertiary/aromatic N) is 1. The molecule has 17 heavy (non-hydrogen) atoms. The molecule has 0 aromatic carbocycles. The summed E-state index contributed by atoms with van der Waals surface area (Å²) in [5, 5.41) is 0. The number of hydrogen-bond acceptors (Lipinski definition) is 2. The second-order valence-electron chi connectivity index (χ2n) is 5.35. The predicted octanol–water partition coefficient (Wildman–Crippen LogP) is 2.66. The number of hydrogen-bond donors (Lipinski definition) is 1. The Kier molecular flexibility index (Phi) is 5.61. The molecule has 2 N–H and O–H groups in total. The highest BCUT2D eigenvalue weighted by molar-refractivity contribution is 5.85. The van der Waals surface area contributed by atoms with E-state index in [1.54, 1.807) is 0 Å². The summed E-state index contributed by atoms with van der Waals surface area (Å²) in [6, 6.07) is 0.440. The van der Waals surface area contributed by atoms with Crippen LogP contribution in [0.4, 0.5) is 8.78 Å². The Bertz CT molecular complexity index is 239. The van der Waals surface area contributed by atoms with E-state index in [0.29, 0.717) is 19.0 Å². The largest absolute Gasteiger partial charge is 0.329 e. The van der Waals surface area contributed by atoms with Gasteiger partial charge in [0.1, 0.15) is 0 Å². The van der Waals surface area contributed by atoms with E-state index in [2.05, 4.69) is 4.90 Å². The van der Waals surface area contributed by atoms with Crippen LogP contribution < -0.4 is 5.73 Å². The zero-order valence-corrected chi connectivity index (χ0v) is 11.0. The van der Waals surface area contributed by atoms with Crippen LogP contribution in [0.25, 0.3) is 0 Å². The minimum absolute atomic E-state index is 0. The van der Waals surface area contributed by atoms with Crippen LogP contribution in [-0.2, 0) is 0 Å². The minimum Gasteiger partial charge on any atom is -0.329 e. The van der Waals surface area contributed by atoms with Crippen molar-refractivity contribution in [3.8, 4) is 0 Å². The lowest BCUT2D eigenvalue weighted by atomic mass is 9.86. The normalized spacial score (nSPS) is 33.4. The molecule has 0 aromatic rings. The van der Waals surface area contributed by atoms with E-state index in [1.807, 2.05) is 0 Å². The summed E-state index contributed by atoms with van der Waals surface area (Å²) in [5.74, 6) is -2.24. The maximum Gasteiger partial charge on any atom is 0.248 e. The number of alkyl halides is 2. The molecule has 1 saturated carbocycles. The molecule has 1 saturated heterocycles. The monoisotopic (exact) mass is 268 g/mol. The summed E-state index contributed by atoms with van der Waals surface area (Å²) in [4.78, 5) is 2.33. The molecule has 0 radical (unpaired) electrons. The van der Waals surface area contributed by atoms with Crippen molar-refractivity contribution < 1.29 is 8.78 Å². The van der Waals surface area contributed by atoms with Crippen molar-refractivity contribution in [2.24, 2.45) is 11.7 Å². The summed E-state index contributed by atoms with van der Waals surface area (Å²) in [6.45, 7) is 2.55.